The Hall–Kier alpha value is -2.61. The van der Waals surface area contributed by atoms with Crippen molar-refractivity contribution in [1.29, 1.82) is 0 Å². The Kier molecular flexibility index (Phi) is 2.86. The molecule has 0 bridgehead atoms. The number of fused-ring (bicyclic) bond motifs is 3. The van der Waals surface area contributed by atoms with Gasteiger partial charge < -0.3 is 4.74 Å². The normalized spacial score (nSPS) is 12.3. The Morgan fingerprint density at radius 2 is 1.43 bits per heavy atom. The summed E-state index contributed by atoms with van der Waals surface area (Å²) in [5.41, 5.74) is 4.56. The van der Waals surface area contributed by atoms with E-state index in [0.29, 0.717) is 5.56 Å². The zero-order valence-electron chi connectivity index (χ0n) is 13.5. The van der Waals surface area contributed by atoms with Gasteiger partial charge in [0.2, 0.25) is 0 Å². The van der Waals surface area contributed by atoms with Gasteiger partial charge in [0, 0.05) is 5.56 Å². The fourth-order valence-corrected chi connectivity index (χ4v) is 3.34. The van der Waals surface area contributed by atoms with Crippen LogP contribution in [0.2, 0.25) is 0 Å². The number of rotatable bonds is 1. The highest BCUT2D eigenvalue weighted by atomic mass is 16.6. The number of hydrogen-bond donors (Lipinski definition) is 0. The molecule has 0 spiro atoms. The lowest BCUT2D eigenvalue weighted by molar-refractivity contribution is 0.00705. The van der Waals surface area contributed by atoms with Crippen molar-refractivity contribution >= 4 is 16.7 Å². The van der Waals surface area contributed by atoms with E-state index in [1.807, 2.05) is 39.0 Å². The van der Waals surface area contributed by atoms with E-state index < -0.39 is 5.60 Å². The van der Waals surface area contributed by atoms with Crippen molar-refractivity contribution < 1.29 is 9.53 Å². The minimum Gasteiger partial charge on any atom is -0.456 e. The van der Waals surface area contributed by atoms with E-state index in [9.17, 15) is 4.79 Å². The monoisotopic (exact) mass is 302 g/mol. The first-order chi connectivity index (χ1) is 11.0. The molecule has 4 rings (SSSR count). The number of esters is 1. The fraction of sp³-hybridized carbons (Fsp3) is 0.190. The van der Waals surface area contributed by atoms with Crippen LogP contribution in [0.15, 0.2) is 54.6 Å². The second-order valence-corrected chi connectivity index (χ2v) is 6.94. The molecule has 0 unspecified atom stereocenters. The topological polar surface area (TPSA) is 26.3 Å². The Morgan fingerprint density at radius 1 is 0.826 bits per heavy atom. The summed E-state index contributed by atoms with van der Waals surface area (Å²) in [4.78, 5) is 12.7. The van der Waals surface area contributed by atoms with E-state index in [0.717, 1.165) is 16.7 Å². The smallest absolute Gasteiger partial charge is 0.339 e. The fourth-order valence-electron chi connectivity index (χ4n) is 3.34. The average molecular weight is 302 g/mol. The number of carbonyl (C=O) groups is 1. The molecule has 2 nitrogen and oxygen atoms in total. The van der Waals surface area contributed by atoms with Crippen LogP contribution >= 0.6 is 0 Å². The highest BCUT2D eigenvalue weighted by Crippen LogP contribution is 2.48. The number of carbonyl (C=O) groups excluding carboxylic acids is 1. The van der Waals surface area contributed by atoms with Gasteiger partial charge in [0.1, 0.15) is 5.60 Å². The molecule has 3 aromatic carbocycles. The third-order valence-corrected chi connectivity index (χ3v) is 4.15. The van der Waals surface area contributed by atoms with Crippen LogP contribution in [-0.4, -0.2) is 11.6 Å². The Labute approximate surface area is 135 Å². The molecule has 0 amide bonds. The Bertz CT molecular complexity index is 940. The van der Waals surface area contributed by atoms with Crippen molar-refractivity contribution in [2.24, 2.45) is 0 Å². The minimum atomic E-state index is -0.503. The van der Waals surface area contributed by atoms with Crippen molar-refractivity contribution in [3.8, 4) is 22.3 Å². The summed E-state index contributed by atoms with van der Waals surface area (Å²) in [6, 6.07) is 18.4. The van der Waals surface area contributed by atoms with Crippen molar-refractivity contribution in [2.45, 2.75) is 26.4 Å². The van der Waals surface area contributed by atoms with Crippen LogP contribution in [0.25, 0.3) is 33.0 Å². The first-order valence-electron chi connectivity index (χ1n) is 7.84. The highest BCUT2D eigenvalue weighted by molar-refractivity contribution is 6.19. The molecule has 1 aliphatic rings. The average Bonchev–Trinajstić information content (AvgIpc) is 2.83. The van der Waals surface area contributed by atoms with Gasteiger partial charge in [0.25, 0.3) is 0 Å². The molecule has 1 aliphatic carbocycles. The van der Waals surface area contributed by atoms with Crippen LogP contribution in [0.3, 0.4) is 0 Å². The maximum absolute atomic E-state index is 12.7. The zero-order valence-corrected chi connectivity index (χ0v) is 13.5. The van der Waals surface area contributed by atoms with Crippen molar-refractivity contribution in [1.82, 2.24) is 0 Å². The SMILES string of the molecule is CC(C)(C)OC(=O)c1cccc2c1-c1cccc3cccc-2c13. The molecule has 0 aliphatic heterocycles. The van der Waals surface area contributed by atoms with E-state index in [1.54, 1.807) is 0 Å². The molecule has 0 aromatic heterocycles. The van der Waals surface area contributed by atoms with E-state index >= 15 is 0 Å². The quantitative estimate of drug-likeness (QED) is 0.437. The van der Waals surface area contributed by atoms with Crippen molar-refractivity contribution in [3.63, 3.8) is 0 Å². The summed E-state index contributed by atoms with van der Waals surface area (Å²) in [7, 11) is 0. The molecule has 0 heterocycles. The van der Waals surface area contributed by atoms with Crippen LogP contribution in [-0.2, 0) is 4.74 Å². The van der Waals surface area contributed by atoms with Gasteiger partial charge in [-0.3, -0.25) is 0 Å². The molecule has 23 heavy (non-hydrogen) atoms. The van der Waals surface area contributed by atoms with Gasteiger partial charge in [-0.15, -0.1) is 0 Å². The van der Waals surface area contributed by atoms with Crippen molar-refractivity contribution in [2.75, 3.05) is 0 Å². The molecule has 0 saturated heterocycles. The van der Waals surface area contributed by atoms with Crippen LogP contribution in [0.4, 0.5) is 0 Å². The van der Waals surface area contributed by atoms with Gasteiger partial charge in [0.15, 0.2) is 0 Å². The van der Waals surface area contributed by atoms with Crippen LogP contribution in [0.5, 0.6) is 0 Å². The summed E-state index contributed by atoms with van der Waals surface area (Å²) in [5.74, 6) is -0.265. The molecular formula is C21H18O2. The van der Waals surface area contributed by atoms with Crippen molar-refractivity contribution in [3.05, 3.63) is 60.2 Å². The molecule has 3 aromatic rings. The lowest BCUT2D eigenvalue weighted by atomic mass is 9.98. The summed E-state index contributed by atoms with van der Waals surface area (Å²) >= 11 is 0. The van der Waals surface area contributed by atoms with Crippen LogP contribution < -0.4 is 0 Å². The van der Waals surface area contributed by atoms with Gasteiger partial charge in [-0.05, 0) is 54.3 Å². The van der Waals surface area contributed by atoms with E-state index in [2.05, 4.69) is 36.4 Å². The third-order valence-electron chi connectivity index (χ3n) is 4.15. The highest BCUT2D eigenvalue weighted by Gasteiger charge is 2.28. The minimum absolute atomic E-state index is 0.265. The number of hydrogen-bond acceptors (Lipinski definition) is 2. The standard InChI is InChI=1S/C21H18O2/c1-21(2,3)23-20(22)17-12-6-10-15-14-9-4-7-13-8-5-11-16(18(13)14)19(15)17/h4-12H,1-3H3. The maximum Gasteiger partial charge on any atom is 0.339 e. The Morgan fingerprint density at radius 3 is 2.13 bits per heavy atom. The second-order valence-electron chi connectivity index (χ2n) is 6.94. The first kappa shape index (κ1) is 14.0. The lowest BCUT2D eigenvalue weighted by Gasteiger charge is -2.20. The van der Waals surface area contributed by atoms with Gasteiger partial charge >= 0.3 is 5.97 Å². The molecule has 0 atom stereocenters. The largest absolute Gasteiger partial charge is 0.456 e. The summed E-state index contributed by atoms with van der Waals surface area (Å²) in [6.45, 7) is 5.68. The van der Waals surface area contributed by atoms with E-state index in [1.165, 1.54) is 16.3 Å². The van der Waals surface area contributed by atoms with Crippen LogP contribution in [0, 0.1) is 0 Å². The number of ether oxygens (including phenoxy) is 1. The summed E-state index contributed by atoms with van der Waals surface area (Å²) in [5, 5.41) is 2.42. The van der Waals surface area contributed by atoms with Gasteiger partial charge in [-0.1, -0.05) is 48.5 Å². The molecular weight excluding hydrogens is 284 g/mol. The van der Waals surface area contributed by atoms with Gasteiger partial charge in [-0.2, -0.15) is 0 Å². The van der Waals surface area contributed by atoms with Gasteiger partial charge in [0.05, 0.1) is 5.56 Å². The third kappa shape index (κ3) is 2.14. The molecule has 0 fully saturated rings. The molecule has 0 saturated carbocycles. The molecule has 0 radical (unpaired) electrons. The van der Waals surface area contributed by atoms with Crippen LogP contribution in [0.1, 0.15) is 31.1 Å². The first-order valence-corrected chi connectivity index (χ1v) is 7.84. The molecule has 2 heteroatoms. The number of benzene rings is 3. The second kappa shape index (κ2) is 4.69. The maximum atomic E-state index is 12.7. The summed E-state index contributed by atoms with van der Waals surface area (Å²) < 4.78 is 5.60. The summed E-state index contributed by atoms with van der Waals surface area (Å²) in [6.07, 6.45) is 0. The van der Waals surface area contributed by atoms with E-state index in [4.69, 9.17) is 4.74 Å². The zero-order chi connectivity index (χ0) is 16.2. The lowest BCUT2D eigenvalue weighted by Crippen LogP contribution is -2.24. The predicted molar refractivity (Wildman–Crippen MR) is 93.5 cm³/mol. The van der Waals surface area contributed by atoms with E-state index in [-0.39, 0.29) is 5.97 Å². The predicted octanol–water partition coefficient (Wildman–Crippen LogP) is 5.44. The molecule has 0 N–H and O–H groups in total. The Balaban J connectivity index is 1.97. The van der Waals surface area contributed by atoms with Gasteiger partial charge in [-0.25, -0.2) is 4.79 Å². The molecule has 114 valence electrons.